The topological polar surface area (TPSA) is 44.8 Å². The molecule has 1 aromatic rings. The molecule has 0 radical (unpaired) electrons. The van der Waals surface area contributed by atoms with Crippen molar-refractivity contribution in [3.8, 4) is 5.75 Å². The highest BCUT2D eigenvalue weighted by Crippen LogP contribution is 2.28. The Balaban J connectivity index is 1.81. The number of ether oxygens (including phenoxy) is 1. The highest BCUT2D eigenvalue weighted by atomic mass is 16.5. The minimum Gasteiger partial charge on any atom is -0.492 e. The van der Waals surface area contributed by atoms with E-state index in [4.69, 9.17) is 4.74 Å². The van der Waals surface area contributed by atoms with Crippen LogP contribution in [-0.2, 0) is 0 Å². The zero-order chi connectivity index (χ0) is 18.8. The summed E-state index contributed by atoms with van der Waals surface area (Å²) >= 11 is 0. The normalized spacial score (nSPS) is 15.7. The lowest BCUT2D eigenvalue weighted by molar-refractivity contribution is 0.191. The maximum Gasteiger partial charge on any atom is 0.317 e. The van der Waals surface area contributed by atoms with Crippen LogP contribution in [0.5, 0.6) is 5.75 Å². The first-order valence-corrected chi connectivity index (χ1v) is 10.2. The molecule has 2 rings (SSSR count). The van der Waals surface area contributed by atoms with Crippen LogP contribution in [0.25, 0.3) is 0 Å². The van der Waals surface area contributed by atoms with Crippen molar-refractivity contribution >= 4 is 11.7 Å². The number of rotatable bonds is 9. The van der Waals surface area contributed by atoms with E-state index in [1.54, 1.807) is 0 Å². The number of para-hydroxylation sites is 2. The van der Waals surface area contributed by atoms with E-state index in [-0.39, 0.29) is 6.03 Å². The van der Waals surface area contributed by atoms with Gasteiger partial charge in [-0.15, -0.1) is 0 Å². The van der Waals surface area contributed by atoms with Crippen molar-refractivity contribution in [1.82, 2.24) is 10.2 Å². The van der Waals surface area contributed by atoms with Gasteiger partial charge in [0.25, 0.3) is 0 Å². The number of benzene rings is 1. The first kappa shape index (κ1) is 20.4. The zero-order valence-electron chi connectivity index (χ0n) is 16.7. The summed E-state index contributed by atoms with van der Waals surface area (Å²) in [5.41, 5.74) is 1.13. The molecule has 146 valence electrons. The lowest BCUT2D eigenvalue weighted by Gasteiger charge is -2.36. The van der Waals surface area contributed by atoms with E-state index in [9.17, 15) is 4.79 Å². The quantitative estimate of drug-likeness (QED) is 0.719. The molecule has 0 bridgehead atoms. The molecule has 0 aromatic heterocycles. The first-order chi connectivity index (χ1) is 12.7. The van der Waals surface area contributed by atoms with Gasteiger partial charge in [-0.1, -0.05) is 45.2 Å². The molecule has 5 heteroatoms. The summed E-state index contributed by atoms with van der Waals surface area (Å²) in [6.07, 6.45) is 4.79. The van der Waals surface area contributed by atoms with Crippen LogP contribution in [0.15, 0.2) is 24.3 Å². The van der Waals surface area contributed by atoms with Crippen molar-refractivity contribution in [2.75, 3.05) is 44.2 Å². The fourth-order valence-electron chi connectivity index (χ4n) is 3.43. The average molecular weight is 362 g/mol. The van der Waals surface area contributed by atoms with Gasteiger partial charge in [-0.3, -0.25) is 0 Å². The largest absolute Gasteiger partial charge is 0.492 e. The second-order valence-corrected chi connectivity index (χ2v) is 6.98. The van der Waals surface area contributed by atoms with Gasteiger partial charge >= 0.3 is 6.03 Å². The minimum atomic E-state index is 0.0812. The van der Waals surface area contributed by atoms with Gasteiger partial charge < -0.3 is 19.9 Å². The third kappa shape index (κ3) is 5.82. The molecule has 0 aliphatic carbocycles. The average Bonchev–Trinajstić information content (AvgIpc) is 2.69. The molecule has 5 nitrogen and oxygen atoms in total. The number of carbonyl (C=O) groups excluding carboxylic acids is 1. The Labute approximate surface area is 158 Å². The van der Waals surface area contributed by atoms with Crippen molar-refractivity contribution in [3.63, 3.8) is 0 Å². The number of hydrogen-bond donors (Lipinski definition) is 1. The van der Waals surface area contributed by atoms with Gasteiger partial charge in [0.15, 0.2) is 0 Å². The van der Waals surface area contributed by atoms with Crippen molar-refractivity contribution in [1.29, 1.82) is 0 Å². The van der Waals surface area contributed by atoms with Gasteiger partial charge in [-0.05, 0) is 31.4 Å². The number of piperazine rings is 1. The Morgan fingerprint density at radius 3 is 2.54 bits per heavy atom. The van der Waals surface area contributed by atoms with Crippen molar-refractivity contribution in [3.05, 3.63) is 24.3 Å². The van der Waals surface area contributed by atoms with Crippen LogP contribution in [0.2, 0.25) is 0 Å². The summed E-state index contributed by atoms with van der Waals surface area (Å²) in [5, 5.41) is 3.14. The van der Waals surface area contributed by atoms with E-state index in [0.717, 1.165) is 50.6 Å². The molecule has 1 aromatic carbocycles. The molecule has 0 saturated carbocycles. The van der Waals surface area contributed by atoms with Crippen LogP contribution >= 0.6 is 0 Å². The number of nitrogens with zero attached hydrogens (tertiary/aromatic N) is 2. The molecule has 2 amide bonds. The summed E-state index contributed by atoms with van der Waals surface area (Å²) in [6.45, 7) is 11.1. The number of urea groups is 1. The molecule has 1 aliphatic rings. The molecule has 1 atom stereocenters. The molecule has 1 aliphatic heterocycles. The summed E-state index contributed by atoms with van der Waals surface area (Å²) in [6, 6.07) is 8.23. The maximum absolute atomic E-state index is 12.5. The second kappa shape index (κ2) is 10.9. The number of unbranched alkanes of at least 4 members (excludes halogenated alkanes) is 1. The summed E-state index contributed by atoms with van der Waals surface area (Å²) < 4.78 is 5.74. The van der Waals surface area contributed by atoms with E-state index >= 15 is 0 Å². The molecular formula is C21H35N3O2. The van der Waals surface area contributed by atoms with Gasteiger partial charge in [0, 0.05) is 32.7 Å². The van der Waals surface area contributed by atoms with Crippen molar-refractivity contribution < 1.29 is 9.53 Å². The lowest BCUT2D eigenvalue weighted by atomic mass is 9.99. The molecule has 0 spiro atoms. The standard InChI is InChI=1S/C21H35N3O2/c1-4-7-10-18(5-2)17-22-21(25)24-15-13-23(14-16-24)19-11-8-9-12-20(19)26-6-3/h8-9,11-12,18H,4-7,10,13-17H2,1-3H3,(H,22,25)/t18-/m0/s1. The Bertz CT molecular complexity index is 542. The Hall–Kier alpha value is -1.91. The Kier molecular flexibility index (Phi) is 8.59. The van der Waals surface area contributed by atoms with Gasteiger partial charge in [-0.25, -0.2) is 4.79 Å². The second-order valence-electron chi connectivity index (χ2n) is 6.98. The summed E-state index contributed by atoms with van der Waals surface area (Å²) in [4.78, 5) is 16.7. The van der Waals surface area contributed by atoms with Crippen LogP contribution < -0.4 is 15.0 Å². The molecule has 1 heterocycles. The van der Waals surface area contributed by atoms with Gasteiger partial charge in [0.05, 0.1) is 12.3 Å². The number of amides is 2. The van der Waals surface area contributed by atoms with E-state index < -0.39 is 0 Å². The predicted molar refractivity (Wildman–Crippen MR) is 108 cm³/mol. The fourth-order valence-corrected chi connectivity index (χ4v) is 3.43. The Morgan fingerprint density at radius 1 is 1.15 bits per heavy atom. The van der Waals surface area contributed by atoms with Crippen LogP contribution in [0.1, 0.15) is 46.5 Å². The molecule has 1 fully saturated rings. The molecule has 26 heavy (non-hydrogen) atoms. The monoisotopic (exact) mass is 361 g/mol. The highest BCUT2D eigenvalue weighted by Gasteiger charge is 2.23. The molecule has 1 saturated heterocycles. The van der Waals surface area contributed by atoms with Crippen LogP contribution in [-0.4, -0.2) is 50.3 Å². The fraction of sp³-hybridized carbons (Fsp3) is 0.667. The van der Waals surface area contributed by atoms with E-state index in [1.807, 2.05) is 30.0 Å². The Morgan fingerprint density at radius 2 is 1.88 bits per heavy atom. The maximum atomic E-state index is 12.5. The molecular weight excluding hydrogens is 326 g/mol. The lowest BCUT2D eigenvalue weighted by Crippen LogP contribution is -2.52. The van der Waals surface area contributed by atoms with Crippen LogP contribution in [0.3, 0.4) is 0 Å². The zero-order valence-corrected chi connectivity index (χ0v) is 16.7. The van der Waals surface area contributed by atoms with Crippen molar-refractivity contribution in [2.45, 2.75) is 46.5 Å². The summed E-state index contributed by atoms with van der Waals surface area (Å²) in [7, 11) is 0. The predicted octanol–water partition coefficient (Wildman–Crippen LogP) is 4.13. The third-order valence-electron chi connectivity index (χ3n) is 5.16. The number of hydrogen-bond acceptors (Lipinski definition) is 3. The molecule has 0 unspecified atom stereocenters. The smallest absolute Gasteiger partial charge is 0.317 e. The number of anilines is 1. The number of carbonyl (C=O) groups is 1. The highest BCUT2D eigenvalue weighted by molar-refractivity contribution is 5.74. The number of nitrogens with one attached hydrogen (secondary N) is 1. The SMILES string of the molecule is CCCC[C@H](CC)CNC(=O)N1CCN(c2ccccc2OCC)CC1. The first-order valence-electron chi connectivity index (χ1n) is 10.2. The summed E-state index contributed by atoms with van der Waals surface area (Å²) in [5.74, 6) is 1.52. The molecule has 1 N–H and O–H groups in total. The van der Waals surface area contributed by atoms with E-state index in [1.165, 1.54) is 19.3 Å². The van der Waals surface area contributed by atoms with Gasteiger partial charge in [0.1, 0.15) is 5.75 Å². The van der Waals surface area contributed by atoms with Gasteiger partial charge in [0.2, 0.25) is 0 Å². The third-order valence-corrected chi connectivity index (χ3v) is 5.16. The van der Waals surface area contributed by atoms with Crippen LogP contribution in [0.4, 0.5) is 10.5 Å². The minimum absolute atomic E-state index is 0.0812. The van der Waals surface area contributed by atoms with Crippen molar-refractivity contribution in [2.24, 2.45) is 5.92 Å². The van der Waals surface area contributed by atoms with Gasteiger partial charge in [-0.2, -0.15) is 0 Å². The van der Waals surface area contributed by atoms with E-state index in [2.05, 4.69) is 30.1 Å². The van der Waals surface area contributed by atoms with E-state index in [0.29, 0.717) is 12.5 Å². The van der Waals surface area contributed by atoms with Crippen LogP contribution in [0, 0.1) is 5.92 Å².